The van der Waals surface area contributed by atoms with Gasteiger partial charge in [0.2, 0.25) is 5.91 Å². The Morgan fingerprint density at radius 2 is 1.61 bits per heavy atom. The molecule has 0 heterocycles. The number of hydrogen-bond donors (Lipinski definition) is 3. The topological polar surface area (TPSA) is 87.7 Å². The van der Waals surface area contributed by atoms with Gasteiger partial charge in [0.25, 0.3) is 5.91 Å². The summed E-state index contributed by atoms with van der Waals surface area (Å²) in [5.41, 5.74) is 0.702. The SMILES string of the molecule is CCC(=O)Nc1cc(Cl)c(Oc2ccc(O)c(C(=O)Nc3ccc(F)cc3)c2)c(Cl)c1. The van der Waals surface area contributed by atoms with E-state index >= 15 is 0 Å². The average Bonchev–Trinajstić information content (AvgIpc) is 2.73. The number of carbonyl (C=O) groups is 2. The van der Waals surface area contributed by atoms with Gasteiger partial charge in [0.15, 0.2) is 5.75 Å². The van der Waals surface area contributed by atoms with Crippen LogP contribution in [0.4, 0.5) is 15.8 Å². The van der Waals surface area contributed by atoms with Crippen molar-refractivity contribution in [3.8, 4) is 17.2 Å². The Morgan fingerprint density at radius 1 is 0.968 bits per heavy atom. The summed E-state index contributed by atoms with van der Waals surface area (Å²) in [6.07, 6.45) is 0.295. The summed E-state index contributed by atoms with van der Waals surface area (Å²) in [5.74, 6) is -1.22. The molecule has 31 heavy (non-hydrogen) atoms. The highest BCUT2D eigenvalue weighted by Crippen LogP contribution is 2.39. The summed E-state index contributed by atoms with van der Waals surface area (Å²) in [5, 5.41) is 15.6. The number of phenols is 1. The van der Waals surface area contributed by atoms with E-state index in [0.717, 1.165) is 0 Å². The Hall–Kier alpha value is -3.29. The molecule has 6 nitrogen and oxygen atoms in total. The van der Waals surface area contributed by atoms with Crippen molar-refractivity contribution in [3.05, 3.63) is 76.0 Å². The fourth-order valence-electron chi connectivity index (χ4n) is 2.59. The first-order valence-corrected chi connectivity index (χ1v) is 9.89. The molecule has 0 spiro atoms. The lowest BCUT2D eigenvalue weighted by Gasteiger charge is -2.13. The second kappa shape index (κ2) is 9.68. The molecule has 3 N–H and O–H groups in total. The molecule has 9 heteroatoms. The maximum Gasteiger partial charge on any atom is 0.259 e. The highest BCUT2D eigenvalue weighted by atomic mass is 35.5. The van der Waals surface area contributed by atoms with E-state index in [2.05, 4.69) is 10.6 Å². The largest absolute Gasteiger partial charge is 0.507 e. The van der Waals surface area contributed by atoms with Crippen molar-refractivity contribution in [2.24, 2.45) is 0 Å². The molecule has 0 fully saturated rings. The Balaban J connectivity index is 1.82. The average molecular weight is 463 g/mol. The van der Waals surface area contributed by atoms with Gasteiger partial charge in [-0.2, -0.15) is 0 Å². The normalized spacial score (nSPS) is 10.5. The summed E-state index contributed by atoms with van der Waals surface area (Å²) in [6.45, 7) is 1.71. The van der Waals surface area contributed by atoms with Gasteiger partial charge in [0.05, 0.1) is 15.6 Å². The van der Waals surface area contributed by atoms with Crippen molar-refractivity contribution in [1.82, 2.24) is 0 Å². The molecular weight excluding hydrogens is 446 g/mol. The van der Waals surface area contributed by atoms with Crippen molar-refractivity contribution in [2.45, 2.75) is 13.3 Å². The molecular formula is C22H17Cl2FN2O4. The number of carbonyl (C=O) groups excluding carboxylic acids is 2. The van der Waals surface area contributed by atoms with Gasteiger partial charge in [-0.1, -0.05) is 30.1 Å². The fourth-order valence-corrected chi connectivity index (χ4v) is 3.15. The molecule has 0 atom stereocenters. The molecule has 0 saturated heterocycles. The Labute approximate surface area is 187 Å². The molecule has 0 aliphatic heterocycles. The molecule has 3 aromatic carbocycles. The number of amides is 2. The first-order chi connectivity index (χ1) is 14.8. The lowest BCUT2D eigenvalue weighted by Crippen LogP contribution is -2.12. The Kier molecular flexibility index (Phi) is 6.99. The molecule has 0 bridgehead atoms. The second-order valence-electron chi connectivity index (χ2n) is 6.41. The van der Waals surface area contributed by atoms with Crippen LogP contribution in [0, 0.1) is 5.82 Å². The molecule has 0 saturated carbocycles. The maximum absolute atomic E-state index is 13.0. The smallest absolute Gasteiger partial charge is 0.259 e. The monoisotopic (exact) mass is 462 g/mol. The van der Waals surface area contributed by atoms with Gasteiger partial charge in [-0.3, -0.25) is 9.59 Å². The van der Waals surface area contributed by atoms with E-state index in [0.29, 0.717) is 17.8 Å². The number of aromatic hydroxyl groups is 1. The van der Waals surface area contributed by atoms with Gasteiger partial charge in [0.1, 0.15) is 17.3 Å². The molecule has 3 aromatic rings. The predicted octanol–water partition coefficient (Wildman–Crippen LogP) is 6.23. The van der Waals surface area contributed by atoms with Crippen LogP contribution in [0.5, 0.6) is 17.2 Å². The number of ether oxygens (including phenoxy) is 1. The van der Waals surface area contributed by atoms with Crippen LogP contribution in [-0.2, 0) is 4.79 Å². The zero-order chi connectivity index (χ0) is 22.5. The van der Waals surface area contributed by atoms with E-state index in [1.165, 1.54) is 54.6 Å². The molecule has 0 aliphatic rings. The second-order valence-corrected chi connectivity index (χ2v) is 7.23. The quantitative estimate of drug-likeness (QED) is 0.404. The molecule has 0 radical (unpaired) electrons. The van der Waals surface area contributed by atoms with E-state index in [4.69, 9.17) is 27.9 Å². The fraction of sp³-hybridized carbons (Fsp3) is 0.0909. The lowest BCUT2D eigenvalue weighted by molar-refractivity contribution is -0.115. The van der Waals surface area contributed by atoms with Crippen LogP contribution in [0.25, 0.3) is 0 Å². The van der Waals surface area contributed by atoms with Crippen LogP contribution in [0.15, 0.2) is 54.6 Å². The van der Waals surface area contributed by atoms with Crippen LogP contribution in [0.2, 0.25) is 10.0 Å². The van der Waals surface area contributed by atoms with Crippen LogP contribution >= 0.6 is 23.2 Å². The van der Waals surface area contributed by atoms with E-state index in [1.807, 2.05) is 0 Å². The van der Waals surface area contributed by atoms with E-state index < -0.39 is 11.7 Å². The molecule has 160 valence electrons. The van der Waals surface area contributed by atoms with Crippen molar-refractivity contribution in [3.63, 3.8) is 0 Å². The number of nitrogens with one attached hydrogen (secondary N) is 2. The lowest BCUT2D eigenvalue weighted by atomic mass is 10.1. The standard InChI is InChI=1S/C22H17Cl2FN2O4/c1-2-20(29)26-14-9-17(23)21(18(24)10-14)31-15-7-8-19(28)16(11-15)22(30)27-13-5-3-12(25)4-6-13/h3-11,28H,2H2,1H3,(H,26,29)(H,27,30). The Bertz CT molecular complexity index is 1110. The van der Waals surface area contributed by atoms with E-state index in [1.54, 1.807) is 6.92 Å². The summed E-state index contributed by atoms with van der Waals surface area (Å²) in [4.78, 5) is 24.1. The predicted molar refractivity (Wildman–Crippen MR) is 118 cm³/mol. The van der Waals surface area contributed by atoms with Gasteiger partial charge in [-0.25, -0.2) is 4.39 Å². The van der Waals surface area contributed by atoms with Crippen molar-refractivity contribution in [2.75, 3.05) is 10.6 Å². The minimum absolute atomic E-state index is 0.0686. The maximum atomic E-state index is 13.0. The molecule has 3 rings (SSSR count). The third kappa shape index (κ3) is 5.65. The van der Waals surface area contributed by atoms with Gasteiger partial charge >= 0.3 is 0 Å². The molecule has 2 amide bonds. The van der Waals surface area contributed by atoms with Gasteiger partial charge in [-0.15, -0.1) is 0 Å². The van der Waals surface area contributed by atoms with Crippen LogP contribution < -0.4 is 15.4 Å². The number of benzene rings is 3. The number of phenolic OH excluding ortho intramolecular Hbond substituents is 1. The van der Waals surface area contributed by atoms with Crippen LogP contribution in [-0.4, -0.2) is 16.9 Å². The molecule has 0 aliphatic carbocycles. The Morgan fingerprint density at radius 3 is 2.23 bits per heavy atom. The number of rotatable bonds is 6. The number of hydrogen-bond acceptors (Lipinski definition) is 4. The number of halogens is 3. The van der Waals surface area contributed by atoms with Crippen LogP contribution in [0.3, 0.4) is 0 Å². The highest BCUT2D eigenvalue weighted by Gasteiger charge is 2.16. The summed E-state index contributed by atoms with van der Waals surface area (Å²) in [7, 11) is 0. The third-order valence-corrected chi connectivity index (χ3v) is 4.70. The minimum atomic E-state index is -0.621. The zero-order valence-corrected chi connectivity index (χ0v) is 17.7. The summed E-state index contributed by atoms with van der Waals surface area (Å²) >= 11 is 12.5. The minimum Gasteiger partial charge on any atom is -0.507 e. The van der Waals surface area contributed by atoms with Gasteiger partial charge in [0, 0.05) is 17.8 Å². The summed E-state index contributed by atoms with van der Waals surface area (Å²) < 4.78 is 18.8. The zero-order valence-electron chi connectivity index (χ0n) is 16.2. The van der Waals surface area contributed by atoms with Crippen LogP contribution in [0.1, 0.15) is 23.7 Å². The third-order valence-electron chi connectivity index (χ3n) is 4.14. The molecule has 0 unspecified atom stereocenters. The first-order valence-electron chi connectivity index (χ1n) is 9.13. The number of anilines is 2. The molecule has 0 aromatic heterocycles. The summed E-state index contributed by atoms with van der Waals surface area (Å²) in [6, 6.07) is 12.2. The van der Waals surface area contributed by atoms with Crippen molar-refractivity contribution >= 4 is 46.4 Å². The first kappa shape index (κ1) is 22.4. The van der Waals surface area contributed by atoms with Crippen molar-refractivity contribution < 1.29 is 23.8 Å². The van der Waals surface area contributed by atoms with E-state index in [-0.39, 0.29) is 38.8 Å². The highest BCUT2D eigenvalue weighted by molar-refractivity contribution is 6.37. The van der Waals surface area contributed by atoms with Gasteiger partial charge < -0.3 is 20.5 Å². The van der Waals surface area contributed by atoms with Crippen molar-refractivity contribution in [1.29, 1.82) is 0 Å². The van der Waals surface area contributed by atoms with Gasteiger partial charge in [-0.05, 0) is 54.6 Å². The van der Waals surface area contributed by atoms with E-state index in [9.17, 15) is 19.1 Å².